The van der Waals surface area contributed by atoms with E-state index in [1.165, 1.54) is 0 Å². The Morgan fingerprint density at radius 3 is 2.44 bits per heavy atom. The van der Waals surface area contributed by atoms with E-state index in [-0.39, 0.29) is 6.04 Å². The molecular formula is C20H36N4O3. The average Bonchev–Trinajstić information content (AvgIpc) is 2.68. The Morgan fingerprint density at radius 1 is 1.11 bits per heavy atom. The Labute approximate surface area is 164 Å². The molecule has 0 heterocycles. The van der Waals surface area contributed by atoms with Gasteiger partial charge in [0.25, 0.3) is 0 Å². The third-order valence-corrected chi connectivity index (χ3v) is 4.31. The van der Waals surface area contributed by atoms with Gasteiger partial charge in [-0.3, -0.25) is 4.99 Å². The summed E-state index contributed by atoms with van der Waals surface area (Å²) in [5.74, 6) is 2.27. The zero-order chi connectivity index (χ0) is 20.1. The van der Waals surface area contributed by atoms with Gasteiger partial charge in [-0.15, -0.1) is 0 Å². The van der Waals surface area contributed by atoms with Crippen LogP contribution in [0.5, 0.6) is 11.5 Å². The first-order valence-corrected chi connectivity index (χ1v) is 9.47. The first kappa shape index (κ1) is 23.0. The van der Waals surface area contributed by atoms with Crippen LogP contribution in [-0.4, -0.2) is 72.5 Å². The Balaban J connectivity index is 2.61. The van der Waals surface area contributed by atoms with Gasteiger partial charge in [-0.2, -0.15) is 0 Å². The monoisotopic (exact) mass is 380 g/mol. The summed E-state index contributed by atoms with van der Waals surface area (Å²) in [6.07, 6.45) is 2.09. The van der Waals surface area contributed by atoms with Crippen LogP contribution >= 0.6 is 0 Å². The first-order valence-electron chi connectivity index (χ1n) is 9.47. The lowest BCUT2D eigenvalue weighted by Gasteiger charge is -2.26. The predicted molar refractivity (Wildman–Crippen MR) is 111 cm³/mol. The van der Waals surface area contributed by atoms with Crippen LogP contribution in [0, 0.1) is 0 Å². The molecule has 0 saturated heterocycles. The van der Waals surface area contributed by atoms with Crippen molar-refractivity contribution in [2.45, 2.75) is 25.8 Å². The lowest BCUT2D eigenvalue weighted by Crippen LogP contribution is -2.42. The van der Waals surface area contributed by atoms with Crippen molar-refractivity contribution in [3.05, 3.63) is 23.8 Å². The molecular weight excluding hydrogens is 344 g/mol. The lowest BCUT2D eigenvalue weighted by atomic mass is 10.1. The summed E-state index contributed by atoms with van der Waals surface area (Å²) in [6, 6.07) is 6.20. The van der Waals surface area contributed by atoms with Gasteiger partial charge < -0.3 is 29.7 Å². The van der Waals surface area contributed by atoms with Gasteiger partial charge in [0, 0.05) is 33.4 Å². The van der Waals surface area contributed by atoms with Crippen molar-refractivity contribution in [3.63, 3.8) is 0 Å². The van der Waals surface area contributed by atoms with Crippen LogP contribution in [0.25, 0.3) is 0 Å². The second-order valence-corrected chi connectivity index (χ2v) is 6.38. The number of nitrogens with zero attached hydrogens (tertiary/aromatic N) is 2. The molecule has 0 aliphatic carbocycles. The third-order valence-electron chi connectivity index (χ3n) is 4.31. The number of unbranched alkanes of at least 4 members (excludes halogenated alkanes) is 1. The van der Waals surface area contributed by atoms with Crippen molar-refractivity contribution in [2.24, 2.45) is 4.99 Å². The number of methoxy groups -OCH3 is 2. The maximum Gasteiger partial charge on any atom is 0.191 e. The van der Waals surface area contributed by atoms with Gasteiger partial charge in [-0.1, -0.05) is 6.07 Å². The molecule has 2 N–H and O–H groups in total. The molecule has 1 rings (SSSR count). The Bertz CT molecular complexity index is 564. The fraction of sp³-hybridized carbons (Fsp3) is 0.650. The van der Waals surface area contributed by atoms with E-state index in [1.807, 2.05) is 19.1 Å². The molecule has 0 spiro atoms. The maximum atomic E-state index is 5.44. The fourth-order valence-electron chi connectivity index (χ4n) is 2.75. The molecule has 1 aromatic carbocycles. The molecule has 0 amide bonds. The number of rotatable bonds is 12. The molecule has 0 aliphatic rings. The summed E-state index contributed by atoms with van der Waals surface area (Å²) in [5, 5.41) is 6.76. The zero-order valence-corrected chi connectivity index (χ0v) is 17.7. The van der Waals surface area contributed by atoms with Gasteiger partial charge in [-0.25, -0.2) is 0 Å². The molecule has 7 nitrogen and oxygen atoms in total. The largest absolute Gasteiger partial charge is 0.493 e. The van der Waals surface area contributed by atoms with E-state index < -0.39 is 0 Å². The summed E-state index contributed by atoms with van der Waals surface area (Å²) in [5.41, 5.74) is 1.15. The van der Waals surface area contributed by atoms with E-state index in [0.717, 1.165) is 62.2 Å². The second kappa shape index (κ2) is 13.2. The molecule has 0 aliphatic heterocycles. The van der Waals surface area contributed by atoms with E-state index in [9.17, 15) is 0 Å². The molecule has 1 aromatic rings. The Morgan fingerprint density at radius 2 is 1.85 bits per heavy atom. The smallest absolute Gasteiger partial charge is 0.191 e. The average molecular weight is 381 g/mol. The number of likely N-dealkylation sites (N-methyl/N-ethyl adjacent to an activating group) is 1. The van der Waals surface area contributed by atoms with E-state index >= 15 is 0 Å². The fourth-order valence-corrected chi connectivity index (χ4v) is 2.75. The van der Waals surface area contributed by atoms with Crippen molar-refractivity contribution in [1.29, 1.82) is 0 Å². The standard InChI is InChI=1S/C20H36N4O3/c1-7-27-13-9-8-12-22-20(21-2)23-15-17(24(3)4)16-10-11-18(25-5)19(14-16)26-6/h10-11,14,17H,7-9,12-13,15H2,1-6H3,(H2,21,22,23). The molecule has 154 valence electrons. The zero-order valence-electron chi connectivity index (χ0n) is 17.7. The number of hydrogen-bond donors (Lipinski definition) is 2. The SMILES string of the molecule is CCOCCCCNC(=NC)NCC(c1ccc(OC)c(OC)c1)N(C)C. The van der Waals surface area contributed by atoms with Gasteiger partial charge >= 0.3 is 0 Å². The highest BCUT2D eigenvalue weighted by Gasteiger charge is 2.17. The number of nitrogens with one attached hydrogen (secondary N) is 2. The number of ether oxygens (including phenoxy) is 3. The van der Waals surface area contributed by atoms with Gasteiger partial charge in [0.15, 0.2) is 17.5 Å². The van der Waals surface area contributed by atoms with Gasteiger partial charge in [-0.05, 0) is 51.6 Å². The first-order chi connectivity index (χ1) is 13.1. The highest BCUT2D eigenvalue weighted by Crippen LogP contribution is 2.31. The Kier molecular flexibility index (Phi) is 11.3. The van der Waals surface area contributed by atoms with Crippen LogP contribution in [0.2, 0.25) is 0 Å². The van der Waals surface area contributed by atoms with Gasteiger partial charge in [0.2, 0.25) is 0 Å². The number of aliphatic imine (C=N–C) groups is 1. The third kappa shape index (κ3) is 8.05. The molecule has 1 atom stereocenters. The maximum absolute atomic E-state index is 5.44. The summed E-state index contributed by atoms with van der Waals surface area (Å²) in [6.45, 7) is 5.20. The summed E-state index contributed by atoms with van der Waals surface area (Å²) in [7, 11) is 9.21. The number of hydrogen-bond acceptors (Lipinski definition) is 5. The minimum Gasteiger partial charge on any atom is -0.493 e. The van der Waals surface area contributed by atoms with E-state index in [2.05, 4.69) is 40.7 Å². The van der Waals surface area contributed by atoms with Crippen LogP contribution in [0.1, 0.15) is 31.4 Å². The summed E-state index contributed by atoms with van der Waals surface area (Å²) < 4.78 is 16.1. The van der Waals surface area contributed by atoms with E-state index in [1.54, 1.807) is 21.3 Å². The molecule has 0 aromatic heterocycles. The second-order valence-electron chi connectivity index (χ2n) is 6.38. The van der Waals surface area contributed by atoms with Crippen LogP contribution in [0.4, 0.5) is 0 Å². The summed E-state index contributed by atoms with van der Waals surface area (Å²) in [4.78, 5) is 6.48. The van der Waals surface area contributed by atoms with Crippen molar-refractivity contribution in [3.8, 4) is 11.5 Å². The van der Waals surface area contributed by atoms with Crippen molar-refractivity contribution >= 4 is 5.96 Å². The predicted octanol–water partition coefficient (Wildman–Crippen LogP) is 2.29. The van der Waals surface area contributed by atoms with Crippen molar-refractivity contribution in [1.82, 2.24) is 15.5 Å². The molecule has 7 heteroatoms. The molecule has 0 bridgehead atoms. The van der Waals surface area contributed by atoms with Gasteiger partial charge in [0.1, 0.15) is 0 Å². The van der Waals surface area contributed by atoms with Crippen LogP contribution in [-0.2, 0) is 4.74 Å². The minimum absolute atomic E-state index is 0.168. The lowest BCUT2D eigenvalue weighted by molar-refractivity contribution is 0.143. The molecule has 0 fully saturated rings. The number of benzene rings is 1. The topological polar surface area (TPSA) is 67.3 Å². The Hall–Kier alpha value is -1.99. The highest BCUT2D eigenvalue weighted by atomic mass is 16.5. The molecule has 0 radical (unpaired) electrons. The van der Waals surface area contributed by atoms with Crippen molar-refractivity contribution < 1.29 is 14.2 Å². The van der Waals surface area contributed by atoms with Crippen LogP contribution in [0.3, 0.4) is 0 Å². The molecule has 0 saturated carbocycles. The minimum atomic E-state index is 0.168. The van der Waals surface area contributed by atoms with E-state index in [4.69, 9.17) is 14.2 Å². The highest BCUT2D eigenvalue weighted by molar-refractivity contribution is 5.79. The number of guanidine groups is 1. The van der Waals surface area contributed by atoms with Crippen molar-refractivity contribution in [2.75, 3.05) is 61.7 Å². The molecule has 27 heavy (non-hydrogen) atoms. The normalized spacial score (nSPS) is 12.8. The summed E-state index contributed by atoms with van der Waals surface area (Å²) >= 11 is 0. The van der Waals surface area contributed by atoms with Crippen LogP contribution in [0.15, 0.2) is 23.2 Å². The van der Waals surface area contributed by atoms with E-state index in [0.29, 0.717) is 0 Å². The van der Waals surface area contributed by atoms with Gasteiger partial charge in [0.05, 0.1) is 20.3 Å². The molecule has 1 unspecified atom stereocenters. The van der Waals surface area contributed by atoms with Crippen LogP contribution < -0.4 is 20.1 Å². The quantitative estimate of drug-likeness (QED) is 0.329.